The van der Waals surface area contributed by atoms with Gasteiger partial charge in [-0.1, -0.05) is 18.2 Å². The van der Waals surface area contributed by atoms with Crippen LogP contribution in [-0.4, -0.2) is 30.3 Å². The summed E-state index contributed by atoms with van der Waals surface area (Å²) in [6, 6.07) is 8.12. The fraction of sp³-hybridized carbons (Fsp3) is 0.471. The minimum atomic E-state index is -0.144. The average molecular weight is 287 g/mol. The van der Waals surface area contributed by atoms with Crippen LogP contribution in [-0.2, 0) is 20.7 Å². The van der Waals surface area contributed by atoms with Gasteiger partial charge < -0.3 is 14.5 Å². The highest BCUT2D eigenvalue weighted by molar-refractivity contribution is 5.83. The van der Waals surface area contributed by atoms with Crippen molar-refractivity contribution < 1.29 is 14.3 Å². The van der Waals surface area contributed by atoms with Gasteiger partial charge in [0, 0.05) is 30.1 Å². The van der Waals surface area contributed by atoms with Crippen LogP contribution in [0.4, 0.5) is 0 Å². The number of H-pyrrole nitrogens is 1. The maximum Gasteiger partial charge on any atom is 0.306 e. The van der Waals surface area contributed by atoms with Gasteiger partial charge in [0.15, 0.2) is 0 Å². The zero-order chi connectivity index (χ0) is 14.5. The minimum Gasteiger partial charge on any atom is -0.463 e. The van der Waals surface area contributed by atoms with E-state index in [0.29, 0.717) is 19.4 Å². The summed E-state index contributed by atoms with van der Waals surface area (Å²) in [5, 5.41) is 1.18. The van der Waals surface area contributed by atoms with Crippen LogP contribution >= 0.6 is 0 Å². The van der Waals surface area contributed by atoms with Crippen LogP contribution in [0.2, 0.25) is 0 Å². The maximum absolute atomic E-state index is 11.8. The van der Waals surface area contributed by atoms with E-state index in [4.69, 9.17) is 9.47 Å². The molecule has 21 heavy (non-hydrogen) atoms. The zero-order valence-corrected chi connectivity index (χ0v) is 12.1. The van der Waals surface area contributed by atoms with E-state index in [0.717, 1.165) is 36.9 Å². The molecule has 0 bridgehead atoms. The molecule has 1 unspecified atom stereocenters. The van der Waals surface area contributed by atoms with Crippen molar-refractivity contribution in [2.45, 2.75) is 38.2 Å². The first kappa shape index (κ1) is 14.1. The molecular weight excluding hydrogens is 266 g/mol. The van der Waals surface area contributed by atoms with E-state index in [-0.39, 0.29) is 12.1 Å². The molecule has 1 N–H and O–H groups in total. The first-order valence-electron chi connectivity index (χ1n) is 7.65. The monoisotopic (exact) mass is 287 g/mol. The molecule has 1 atom stereocenters. The van der Waals surface area contributed by atoms with Crippen molar-refractivity contribution in [2.24, 2.45) is 0 Å². The molecule has 0 radical (unpaired) electrons. The second-order valence-electron chi connectivity index (χ2n) is 5.53. The van der Waals surface area contributed by atoms with Gasteiger partial charge in [0.05, 0.1) is 6.10 Å². The SMILES string of the molecule is O=C(CCc1c[nH]c2ccccc12)OCC1CCCCO1. The van der Waals surface area contributed by atoms with Crippen molar-refractivity contribution in [1.29, 1.82) is 0 Å². The third-order valence-corrected chi connectivity index (χ3v) is 3.98. The quantitative estimate of drug-likeness (QED) is 0.859. The molecule has 1 aromatic carbocycles. The van der Waals surface area contributed by atoms with Crippen LogP contribution in [0.15, 0.2) is 30.5 Å². The lowest BCUT2D eigenvalue weighted by Crippen LogP contribution is -2.26. The standard InChI is InChI=1S/C17H21NO3/c19-17(21-12-14-5-3-4-10-20-14)9-8-13-11-18-16-7-2-1-6-15(13)16/h1-2,6-7,11,14,18H,3-5,8-10,12H2. The Bertz CT molecular complexity index is 599. The molecule has 2 aromatic rings. The van der Waals surface area contributed by atoms with Gasteiger partial charge in [-0.25, -0.2) is 0 Å². The molecule has 1 fully saturated rings. The minimum absolute atomic E-state index is 0.0933. The number of nitrogens with one attached hydrogen (secondary N) is 1. The number of aromatic amines is 1. The molecule has 4 nitrogen and oxygen atoms in total. The molecule has 0 aliphatic carbocycles. The van der Waals surface area contributed by atoms with Crippen LogP contribution in [0, 0.1) is 0 Å². The van der Waals surface area contributed by atoms with Gasteiger partial charge in [0.2, 0.25) is 0 Å². The molecular formula is C17H21NO3. The molecule has 112 valence electrons. The van der Waals surface area contributed by atoms with E-state index >= 15 is 0 Å². The molecule has 0 amide bonds. The molecule has 1 aromatic heterocycles. The van der Waals surface area contributed by atoms with Crippen molar-refractivity contribution >= 4 is 16.9 Å². The van der Waals surface area contributed by atoms with Crippen LogP contribution < -0.4 is 0 Å². The summed E-state index contributed by atoms with van der Waals surface area (Å²) in [4.78, 5) is 15.1. The Morgan fingerprint density at radius 2 is 2.24 bits per heavy atom. The summed E-state index contributed by atoms with van der Waals surface area (Å²) in [6.07, 6.45) is 6.46. The molecule has 4 heteroatoms. The summed E-state index contributed by atoms with van der Waals surface area (Å²) in [7, 11) is 0. The predicted octanol–water partition coefficient (Wildman–Crippen LogP) is 3.21. The summed E-state index contributed by atoms with van der Waals surface area (Å²) in [6.45, 7) is 1.18. The molecule has 1 aliphatic heterocycles. The van der Waals surface area contributed by atoms with Crippen molar-refractivity contribution in [3.8, 4) is 0 Å². The highest BCUT2D eigenvalue weighted by Gasteiger charge is 2.16. The van der Waals surface area contributed by atoms with Crippen LogP contribution in [0.25, 0.3) is 10.9 Å². The molecule has 0 spiro atoms. The van der Waals surface area contributed by atoms with E-state index in [1.165, 1.54) is 5.39 Å². The van der Waals surface area contributed by atoms with Crippen LogP contribution in [0.5, 0.6) is 0 Å². The largest absolute Gasteiger partial charge is 0.463 e. The molecule has 3 rings (SSSR count). The Balaban J connectivity index is 1.47. The zero-order valence-electron chi connectivity index (χ0n) is 12.1. The van der Waals surface area contributed by atoms with Gasteiger partial charge in [-0.15, -0.1) is 0 Å². The maximum atomic E-state index is 11.8. The first-order valence-corrected chi connectivity index (χ1v) is 7.65. The second-order valence-corrected chi connectivity index (χ2v) is 5.53. The second kappa shape index (κ2) is 6.76. The summed E-state index contributed by atoms with van der Waals surface area (Å²) >= 11 is 0. The number of carbonyl (C=O) groups is 1. The number of carbonyl (C=O) groups excluding carboxylic acids is 1. The van der Waals surface area contributed by atoms with E-state index in [1.807, 2.05) is 24.4 Å². The predicted molar refractivity (Wildman–Crippen MR) is 81.2 cm³/mol. The van der Waals surface area contributed by atoms with Crippen molar-refractivity contribution in [2.75, 3.05) is 13.2 Å². The number of hydrogen-bond acceptors (Lipinski definition) is 3. The van der Waals surface area contributed by atoms with Gasteiger partial charge in [0.1, 0.15) is 6.61 Å². The lowest BCUT2D eigenvalue weighted by molar-refractivity contribution is -0.149. The molecule has 2 heterocycles. The van der Waals surface area contributed by atoms with Gasteiger partial charge in [-0.2, -0.15) is 0 Å². The van der Waals surface area contributed by atoms with Crippen molar-refractivity contribution in [1.82, 2.24) is 4.98 Å². The number of benzene rings is 1. The van der Waals surface area contributed by atoms with Crippen molar-refractivity contribution in [3.05, 3.63) is 36.0 Å². The lowest BCUT2D eigenvalue weighted by Gasteiger charge is -2.22. The Kier molecular flexibility index (Phi) is 4.55. The first-order chi connectivity index (χ1) is 10.3. The fourth-order valence-electron chi connectivity index (χ4n) is 2.77. The molecule has 1 saturated heterocycles. The van der Waals surface area contributed by atoms with E-state index in [1.54, 1.807) is 0 Å². The number of ether oxygens (including phenoxy) is 2. The number of hydrogen-bond donors (Lipinski definition) is 1. The third kappa shape index (κ3) is 3.64. The Hall–Kier alpha value is -1.81. The van der Waals surface area contributed by atoms with Crippen LogP contribution in [0.3, 0.4) is 0 Å². The lowest BCUT2D eigenvalue weighted by atomic mass is 10.1. The van der Waals surface area contributed by atoms with Gasteiger partial charge in [0.25, 0.3) is 0 Å². The smallest absolute Gasteiger partial charge is 0.306 e. The number of para-hydroxylation sites is 1. The normalized spacial score (nSPS) is 18.8. The van der Waals surface area contributed by atoms with Gasteiger partial charge in [-0.3, -0.25) is 4.79 Å². The molecule has 1 aliphatic rings. The Morgan fingerprint density at radius 3 is 3.10 bits per heavy atom. The third-order valence-electron chi connectivity index (χ3n) is 3.98. The van der Waals surface area contributed by atoms with E-state index < -0.39 is 0 Å². The van der Waals surface area contributed by atoms with E-state index in [2.05, 4.69) is 11.1 Å². The van der Waals surface area contributed by atoms with Crippen LogP contribution in [0.1, 0.15) is 31.2 Å². The number of aromatic nitrogens is 1. The summed E-state index contributed by atoms with van der Waals surface area (Å²) < 4.78 is 10.9. The number of rotatable bonds is 5. The summed E-state index contributed by atoms with van der Waals surface area (Å²) in [5.74, 6) is -0.144. The average Bonchev–Trinajstić information content (AvgIpc) is 2.95. The number of esters is 1. The van der Waals surface area contributed by atoms with E-state index in [9.17, 15) is 4.79 Å². The Labute approximate surface area is 124 Å². The number of fused-ring (bicyclic) bond motifs is 1. The molecule has 0 saturated carbocycles. The highest BCUT2D eigenvalue weighted by Crippen LogP contribution is 2.19. The topological polar surface area (TPSA) is 51.3 Å². The number of aryl methyl sites for hydroxylation is 1. The fourth-order valence-corrected chi connectivity index (χ4v) is 2.77. The van der Waals surface area contributed by atoms with Gasteiger partial charge in [-0.05, 0) is 37.3 Å². The van der Waals surface area contributed by atoms with Gasteiger partial charge >= 0.3 is 5.97 Å². The van der Waals surface area contributed by atoms with Crippen molar-refractivity contribution in [3.63, 3.8) is 0 Å². The summed E-state index contributed by atoms with van der Waals surface area (Å²) in [5.41, 5.74) is 2.27. The highest BCUT2D eigenvalue weighted by atomic mass is 16.6. The Morgan fingerprint density at radius 1 is 1.33 bits per heavy atom.